The predicted octanol–water partition coefficient (Wildman–Crippen LogP) is 3.61. The summed E-state index contributed by atoms with van der Waals surface area (Å²) in [5.74, 6) is 1.53. The van der Waals surface area contributed by atoms with Crippen LogP contribution in [0.2, 0.25) is 0 Å². The highest BCUT2D eigenvalue weighted by atomic mass is 32.2. The topological polar surface area (TPSA) is 69.2 Å². The highest BCUT2D eigenvalue weighted by molar-refractivity contribution is 7.97. The van der Waals surface area contributed by atoms with Gasteiger partial charge in [-0.05, 0) is 17.2 Å². The van der Waals surface area contributed by atoms with Crippen LogP contribution < -0.4 is 5.73 Å². The molecule has 0 saturated carbocycles. The molecule has 5 heteroatoms. The molecule has 98 valence electrons. The molecule has 0 unspecified atom stereocenters. The number of nitro benzene ring substituents is 1. The van der Waals surface area contributed by atoms with Crippen molar-refractivity contribution in [2.75, 3.05) is 5.73 Å². The summed E-state index contributed by atoms with van der Waals surface area (Å²) in [5.41, 5.74) is 8.57. The minimum atomic E-state index is -0.398. The van der Waals surface area contributed by atoms with Crippen LogP contribution in [0.1, 0.15) is 11.1 Å². The molecule has 0 radical (unpaired) electrons. The van der Waals surface area contributed by atoms with Crippen LogP contribution in [0.4, 0.5) is 11.4 Å². The molecule has 2 N–H and O–H groups in total. The summed E-state index contributed by atoms with van der Waals surface area (Å²) >= 11 is 1.69. The maximum Gasteiger partial charge on any atom is 0.269 e. The van der Waals surface area contributed by atoms with Crippen LogP contribution in [0.3, 0.4) is 0 Å². The van der Waals surface area contributed by atoms with Crippen LogP contribution in [0.25, 0.3) is 0 Å². The Balaban J connectivity index is 1.99. The van der Waals surface area contributed by atoms with E-state index in [1.165, 1.54) is 11.6 Å². The Hall–Kier alpha value is -2.01. The molecule has 2 aromatic carbocycles. The van der Waals surface area contributed by atoms with Crippen molar-refractivity contribution in [3.8, 4) is 0 Å². The number of nitro groups is 1. The highest BCUT2D eigenvalue weighted by Crippen LogP contribution is 2.25. The first-order valence-electron chi connectivity index (χ1n) is 5.81. The molecular weight excluding hydrogens is 260 g/mol. The molecule has 19 heavy (non-hydrogen) atoms. The number of thioether (sulfide) groups is 1. The first-order chi connectivity index (χ1) is 9.16. The van der Waals surface area contributed by atoms with Gasteiger partial charge in [0.25, 0.3) is 5.69 Å². The second kappa shape index (κ2) is 6.24. The second-order valence-corrected chi connectivity index (χ2v) is 5.10. The monoisotopic (exact) mass is 274 g/mol. The molecule has 0 aliphatic heterocycles. The summed E-state index contributed by atoms with van der Waals surface area (Å²) in [4.78, 5) is 10.3. The van der Waals surface area contributed by atoms with E-state index in [9.17, 15) is 10.1 Å². The largest absolute Gasteiger partial charge is 0.398 e. The SMILES string of the molecule is Nc1ccc([N+](=O)[O-])cc1CSCc1ccccc1. The Morgan fingerprint density at radius 3 is 2.53 bits per heavy atom. The highest BCUT2D eigenvalue weighted by Gasteiger charge is 2.09. The fraction of sp³-hybridized carbons (Fsp3) is 0.143. The number of rotatable bonds is 5. The van der Waals surface area contributed by atoms with E-state index in [1.807, 2.05) is 18.2 Å². The van der Waals surface area contributed by atoms with Crippen LogP contribution in [0.15, 0.2) is 48.5 Å². The smallest absolute Gasteiger partial charge is 0.269 e. The van der Waals surface area contributed by atoms with Gasteiger partial charge < -0.3 is 5.73 Å². The van der Waals surface area contributed by atoms with Gasteiger partial charge in [-0.2, -0.15) is 11.8 Å². The van der Waals surface area contributed by atoms with Crippen molar-refractivity contribution in [1.82, 2.24) is 0 Å². The number of nitrogen functional groups attached to an aromatic ring is 1. The van der Waals surface area contributed by atoms with Crippen molar-refractivity contribution in [3.05, 3.63) is 69.8 Å². The molecule has 0 spiro atoms. The van der Waals surface area contributed by atoms with Gasteiger partial charge in [0.05, 0.1) is 4.92 Å². The molecule has 0 amide bonds. The average molecular weight is 274 g/mol. The number of hydrogen-bond donors (Lipinski definition) is 1. The number of hydrogen-bond acceptors (Lipinski definition) is 4. The van der Waals surface area contributed by atoms with Gasteiger partial charge in [0.2, 0.25) is 0 Å². The molecule has 0 aliphatic rings. The summed E-state index contributed by atoms with van der Waals surface area (Å²) in [5, 5.41) is 10.7. The number of nitrogens with two attached hydrogens (primary N) is 1. The lowest BCUT2D eigenvalue weighted by Crippen LogP contribution is -1.96. The molecule has 2 aromatic rings. The number of anilines is 1. The Bertz CT molecular complexity index is 573. The van der Waals surface area contributed by atoms with E-state index in [1.54, 1.807) is 23.9 Å². The van der Waals surface area contributed by atoms with Crippen LogP contribution in [-0.4, -0.2) is 4.92 Å². The minimum Gasteiger partial charge on any atom is -0.398 e. The second-order valence-electron chi connectivity index (χ2n) is 4.12. The number of benzene rings is 2. The molecule has 0 aromatic heterocycles. The normalized spacial score (nSPS) is 10.3. The van der Waals surface area contributed by atoms with E-state index in [-0.39, 0.29) is 5.69 Å². The quantitative estimate of drug-likeness (QED) is 0.513. The maximum absolute atomic E-state index is 10.7. The summed E-state index contributed by atoms with van der Waals surface area (Å²) in [6.45, 7) is 0. The minimum absolute atomic E-state index is 0.0875. The van der Waals surface area contributed by atoms with E-state index in [0.717, 1.165) is 11.3 Å². The molecule has 0 aliphatic carbocycles. The van der Waals surface area contributed by atoms with Gasteiger partial charge >= 0.3 is 0 Å². The molecule has 0 atom stereocenters. The fourth-order valence-corrected chi connectivity index (χ4v) is 2.68. The van der Waals surface area contributed by atoms with Gasteiger partial charge in [0, 0.05) is 29.3 Å². The molecule has 0 fully saturated rings. The Morgan fingerprint density at radius 1 is 1.11 bits per heavy atom. The molecular formula is C14H14N2O2S. The maximum atomic E-state index is 10.7. The van der Waals surface area contributed by atoms with Gasteiger partial charge in [0.15, 0.2) is 0 Å². The lowest BCUT2D eigenvalue weighted by Gasteiger charge is -2.05. The lowest BCUT2D eigenvalue weighted by molar-refractivity contribution is -0.384. The first kappa shape index (κ1) is 13.4. The van der Waals surface area contributed by atoms with Crippen molar-refractivity contribution in [1.29, 1.82) is 0 Å². The van der Waals surface area contributed by atoms with Crippen molar-refractivity contribution in [2.45, 2.75) is 11.5 Å². The van der Waals surface area contributed by atoms with E-state index in [4.69, 9.17) is 5.73 Å². The summed E-state index contributed by atoms with van der Waals surface area (Å²) < 4.78 is 0. The van der Waals surface area contributed by atoms with E-state index in [2.05, 4.69) is 12.1 Å². The van der Waals surface area contributed by atoms with Gasteiger partial charge in [-0.3, -0.25) is 10.1 Å². The fourth-order valence-electron chi connectivity index (χ4n) is 1.68. The van der Waals surface area contributed by atoms with Crippen molar-refractivity contribution in [3.63, 3.8) is 0 Å². The zero-order valence-corrected chi connectivity index (χ0v) is 11.1. The zero-order valence-electron chi connectivity index (χ0n) is 10.3. The van der Waals surface area contributed by atoms with Gasteiger partial charge in [-0.1, -0.05) is 30.3 Å². The third-order valence-corrected chi connectivity index (χ3v) is 3.76. The predicted molar refractivity (Wildman–Crippen MR) is 78.9 cm³/mol. The Labute approximate surface area is 115 Å². The Kier molecular flexibility index (Phi) is 4.41. The molecule has 2 rings (SSSR count). The molecule has 0 bridgehead atoms. The molecule has 0 heterocycles. The third kappa shape index (κ3) is 3.72. The van der Waals surface area contributed by atoms with E-state index in [0.29, 0.717) is 11.4 Å². The van der Waals surface area contributed by atoms with Crippen LogP contribution in [0, 0.1) is 10.1 Å². The van der Waals surface area contributed by atoms with Crippen LogP contribution in [0.5, 0.6) is 0 Å². The van der Waals surface area contributed by atoms with Gasteiger partial charge in [-0.15, -0.1) is 0 Å². The standard InChI is InChI=1S/C14H14N2O2S/c15-14-7-6-13(16(17)18)8-12(14)10-19-9-11-4-2-1-3-5-11/h1-8H,9-10,15H2. The first-order valence-corrected chi connectivity index (χ1v) is 6.97. The van der Waals surface area contributed by atoms with E-state index < -0.39 is 4.92 Å². The molecule has 0 saturated heterocycles. The third-order valence-electron chi connectivity index (χ3n) is 2.71. The number of non-ortho nitro benzene ring substituents is 1. The van der Waals surface area contributed by atoms with Crippen LogP contribution >= 0.6 is 11.8 Å². The van der Waals surface area contributed by atoms with Gasteiger partial charge in [0.1, 0.15) is 0 Å². The van der Waals surface area contributed by atoms with Crippen molar-refractivity contribution in [2.24, 2.45) is 0 Å². The Morgan fingerprint density at radius 2 is 1.84 bits per heavy atom. The van der Waals surface area contributed by atoms with Crippen molar-refractivity contribution >= 4 is 23.1 Å². The summed E-state index contributed by atoms with van der Waals surface area (Å²) in [6.07, 6.45) is 0. The summed E-state index contributed by atoms with van der Waals surface area (Å²) in [6, 6.07) is 14.7. The molecule has 4 nitrogen and oxygen atoms in total. The van der Waals surface area contributed by atoms with Gasteiger partial charge in [-0.25, -0.2) is 0 Å². The number of nitrogens with zero attached hydrogens (tertiary/aromatic N) is 1. The zero-order chi connectivity index (χ0) is 13.7. The van der Waals surface area contributed by atoms with E-state index >= 15 is 0 Å². The van der Waals surface area contributed by atoms with Crippen molar-refractivity contribution < 1.29 is 4.92 Å². The lowest BCUT2D eigenvalue weighted by atomic mass is 10.2. The summed E-state index contributed by atoms with van der Waals surface area (Å²) in [7, 11) is 0. The average Bonchev–Trinajstić information content (AvgIpc) is 2.42. The van der Waals surface area contributed by atoms with Crippen LogP contribution in [-0.2, 0) is 11.5 Å².